The molecule has 0 saturated heterocycles. The second-order valence-electron chi connectivity index (χ2n) is 7.82. The molecule has 2 aromatic rings. The zero-order valence-electron chi connectivity index (χ0n) is 17.7. The summed E-state index contributed by atoms with van der Waals surface area (Å²) in [5.41, 5.74) is 2.77. The summed E-state index contributed by atoms with van der Waals surface area (Å²) in [4.78, 5) is 30.0. The van der Waals surface area contributed by atoms with Crippen LogP contribution in [-0.2, 0) is 16.0 Å². The summed E-state index contributed by atoms with van der Waals surface area (Å²) in [6.07, 6.45) is 3.89. The van der Waals surface area contributed by atoms with Gasteiger partial charge in [0.15, 0.2) is 0 Å². The molecule has 2 aliphatic heterocycles. The van der Waals surface area contributed by atoms with Crippen molar-refractivity contribution in [1.82, 2.24) is 9.88 Å². The highest BCUT2D eigenvalue weighted by Crippen LogP contribution is 2.33. The SMILES string of the molecule is O=C1CCc2cc(/C=C/C(=O)N3CC=C(c4ccccc4OC(F)(F)F)CCC3)cnc2N1. The lowest BCUT2D eigenvalue weighted by molar-refractivity contribution is -0.274. The van der Waals surface area contributed by atoms with E-state index in [9.17, 15) is 22.8 Å². The Labute approximate surface area is 188 Å². The highest BCUT2D eigenvalue weighted by molar-refractivity contribution is 5.94. The summed E-state index contributed by atoms with van der Waals surface area (Å²) in [6.45, 7) is 0.771. The number of benzene rings is 1. The zero-order chi connectivity index (χ0) is 23.4. The Morgan fingerprint density at radius 2 is 2.00 bits per heavy atom. The molecule has 1 aromatic carbocycles. The van der Waals surface area contributed by atoms with E-state index in [0.717, 1.165) is 16.7 Å². The van der Waals surface area contributed by atoms with Crippen LogP contribution in [0.5, 0.6) is 5.75 Å². The highest BCUT2D eigenvalue weighted by atomic mass is 19.4. The minimum Gasteiger partial charge on any atom is -0.405 e. The Bertz CT molecular complexity index is 1130. The molecule has 3 heterocycles. The summed E-state index contributed by atoms with van der Waals surface area (Å²) < 4.78 is 42.4. The average Bonchev–Trinajstić information content (AvgIpc) is 3.03. The summed E-state index contributed by atoms with van der Waals surface area (Å²) >= 11 is 0. The molecule has 0 bridgehead atoms. The Balaban J connectivity index is 1.44. The van der Waals surface area contributed by atoms with Crippen LogP contribution in [0.3, 0.4) is 0 Å². The van der Waals surface area contributed by atoms with Gasteiger partial charge in [-0.3, -0.25) is 9.59 Å². The lowest BCUT2D eigenvalue weighted by Gasteiger charge is -2.17. The first-order valence-corrected chi connectivity index (χ1v) is 10.6. The number of carbonyl (C=O) groups is 2. The molecule has 1 aromatic heterocycles. The van der Waals surface area contributed by atoms with Gasteiger partial charge in [-0.25, -0.2) is 4.98 Å². The number of aryl methyl sites for hydroxylation is 1. The van der Waals surface area contributed by atoms with Crippen molar-refractivity contribution in [3.8, 4) is 5.75 Å². The number of hydrogen-bond donors (Lipinski definition) is 1. The van der Waals surface area contributed by atoms with Crippen molar-refractivity contribution in [2.45, 2.75) is 32.0 Å². The van der Waals surface area contributed by atoms with Crippen molar-refractivity contribution in [2.24, 2.45) is 0 Å². The topological polar surface area (TPSA) is 71.5 Å². The molecular weight excluding hydrogens is 435 g/mol. The van der Waals surface area contributed by atoms with Gasteiger partial charge in [-0.05, 0) is 54.2 Å². The number of nitrogens with one attached hydrogen (secondary N) is 1. The van der Waals surface area contributed by atoms with Crippen LogP contribution in [0.15, 0.2) is 48.7 Å². The number of amides is 2. The van der Waals surface area contributed by atoms with Crippen molar-refractivity contribution < 1.29 is 27.5 Å². The number of anilines is 1. The predicted molar refractivity (Wildman–Crippen MR) is 117 cm³/mol. The van der Waals surface area contributed by atoms with Crippen LogP contribution in [-0.4, -0.2) is 41.2 Å². The van der Waals surface area contributed by atoms with Gasteiger partial charge in [-0.15, -0.1) is 13.2 Å². The molecule has 4 rings (SSSR count). The molecule has 0 saturated carbocycles. The number of hydrogen-bond acceptors (Lipinski definition) is 4. The second-order valence-corrected chi connectivity index (χ2v) is 7.82. The summed E-state index contributed by atoms with van der Waals surface area (Å²) in [5, 5.41) is 2.72. The molecule has 0 fully saturated rings. The minimum atomic E-state index is -4.77. The Morgan fingerprint density at radius 3 is 2.82 bits per heavy atom. The maximum Gasteiger partial charge on any atom is 0.573 e. The number of pyridine rings is 1. The molecule has 172 valence electrons. The second kappa shape index (κ2) is 9.48. The molecule has 0 aliphatic carbocycles. The largest absolute Gasteiger partial charge is 0.573 e. The minimum absolute atomic E-state index is 0.0605. The van der Waals surface area contributed by atoms with Gasteiger partial charge in [0.1, 0.15) is 11.6 Å². The molecule has 9 heteroatoms. The molecule has 1 N–H and O–H groups in total. The van der Waals surface area contributed by atoms with E-state index in [4.69, 9.17) is 0 Å². The van der Waals surface area contributed by atoms with Gasteiger partial charge in [-0.1, -0.05) is 24.3 Å². The fourth-order valence-electron chi connectivity index (χ4n) is 3.90. The van der Waals surface area contributed by atoms with E-state index in [0.29, 0.717) is 43.6 Å². The lowest BCUT2D eigenvalue weighted by atomic mass is 10.0. The number of carbonyl (C=O) groups excluding carboxylic acids is 2. The Kier molecular flexibility index (Phi) is 6.48. The normalized spacial score (nSPS) is 16.6. The standard InChI is InChI=1S/C24H22F3N3O3/c25-24(26,27)33-20-6-2-1-5-19(20)17-4-3-12-30(13-11-17)22(32)10-7-16-14-18-8-9-21(31)29-23(18)28-15-16/h1-2,5-7,10-11,14-15H,3-4,8-9,12-13H2,(H,28,29,31)/b10-7+. The first kappa shape index (κ1) is 22.6. The molecule has 0 spiro atoms. The third kappa shape index (κ3) is 5.79. The van der Waals surface area contributed by atoms with Crippen LogP contribution in [0.4, 0.5) is 19.0 Å². The van der Waals surface area contributed by atoms with Crippen LogP contribution < -0.4 is 10.1 Å². The highest BCUT2D eigenvalue weighted by Gasteiger charge is 2.32. The van der Waals surface area contributed by atoms with E-state index in [-0.39, 0.29) is 24.1 Å². The molecule has 0 radical (unpaired) electrons. The number of rotatable bonds is 4. The monoisotopic (exact) mass is 457 g/mol. The van der Waals surface area contributed by atoms with Crippen molar-refractivity contribution in [1.29, 1.82) is 0 Å². The van der Waals surface area contributed by atoms with Gasteiger partial charge >= 0.3 is 6.36 Å². The maximum absolute atomic E-state index is 12.7. The number of aromatic nitrogens is 1. The van der Waals surface area contributed by atoms with Gasteiger partial charge in [0.2, 0.25) is 11.8 Å². The molecule has 33 heavy (non-hydrogen) atoms. The third-order valence-corrected chi connectivity index (χ3v) is 5.49. The predicted octanol–water partition coefficient (Wildman–Crippen LogP) is 4.58. The summed E-state index contributed by atoms with van der Waals surface area (Å²) in [7, 11) is 0. The fraction of sp³-hybridized carbons (Fsp3) is 0.292. The van der Waals surface area contributed by atoms with E-state index in [1.54, 1.807) is 35.4 Å². The number of halogens is 3. The molecule has 2 amide bonds. The van der Waals surface area contributed by atoms with E-state index in [1.807, 2.05) is 6.07 Å². The number of allylic oxidation sites excluding steroid dienone is 1. The van der Waals surface area contributed by atoms with E-state index >= 15 is 0 Å². The van der Waals surface area contributed by atoms with E-state index in [1.165, 1.54) is 18.2 Å². The molecule has 2 aliphatic rings. The van der Waals surface area contributed by atoms with Crippen LogP contribution >= 0.6 is 0 Å². The van der Waals surface area contributed by atoms with E-state index < -0.39 is 6.36 Å². The summed E-state index contributed by atoms with van der Waals surface area (Å²) in [6, 6.07) is 7.93. The van der Waals surface area contributed by atoms with Crippen LogP contribution in [0.2, 0.25) is 0 Å². The van der Waals surface area contributed by atoms with Crippen LogP contribution in [0, 0.1) is 0 Å². The fourth-order valence-corrected chi connectivity index (χ4v) is 3.90. The van der Waals surface area contributed by atoms with Crippen LogP contribution in [0.1, 0.15) is 36.0 Å². The molecule has 6 nitrogen and oxygen atoms in total. The van der Waals surface area contributed by atoms with Crippen molar-refractivity contribution in [3.63, 3.8) is 0 Å². The number of ether oxygens (including phenoxy) is 1. The number of nitrogens with zero attached hydrogens (tertiary/aromatic N) is 2. The smallest absolute Gasteiger partial charge is 0.405 e. The van der Waals surface area contributed by atoms with Gasteiger partial charge in [0, 0.05) is 37.3 Å². The first-order chi connectivity index (χ1) is 15.8. The Morgan fingerprint density at radius 1 is 1.18 bits per heavy atom. The summed E-state index contributed by atoms with van der Waals surface area (Å²) in [5.74, 6) is 0.0507. The third-order valence-electron chi connectivity index (χ3n) is 5.49. The van der Waals surface area contributed by atoms with Crippen molar-refractivity contribution in [3.05, 3.63) is 65.4 Å². The van der Waals surface area contributed by atoms with Gasteiger partial charge in [-0.2, -0.15) is 0 Å². The first-order valence-electron chi connectivity index (χ1n) is 10.6. The molecule has 0 atom stereocenters. The van der Waals surface area contributed by atoms with Crippen LogP contribution in [0.25, 0.3) is 11.6 Å². The van der Waals surface area contributed by atoms with Crippen molar-refractivity contribution in [2.75, 3.05) is 18.4 Å². The maximum atomic E-state index is 12.7. The number of fused-ring (bicyclic) bond motifs is 1. The zero-order valence-corrected chi connectivity index (χ0v) is 17.7. The quantitative estimate of drug-likeness (QED) is 0.682. The van der Waals surface area contributed by atoms with E-state index in [2.05, 4.69) is 15.0 Å². The lowest BCUT2D eigenvalue weighted by Crippen LogP contribution is -2.29. The number of para-hydroxylation sites is 1. The number of alkyl halides is 3. The Hall–Kier alpha value is -3.62. The van der Waals surface area contributed by atoms with Crippen molar-refractivity contribution >= 4 is 29.3 Å². The van der Waals surface area contributed by atoms with Gasteiger partial charge in [0.25, 0.3) is 0 Å². The average molecular weight is 457 g/mol. The molecule has 0 unspecified atom stereocenters. The van der Waals surface area contributed by atoms with Gasteiger partial charge < -0.3 is 15.0 Å². The molecular formula is C24H22F3N3O3. The van der Waals surface area contributed by atoms with Gasteiger partial charge in [0.05, 0.1) is 0 Å².